The van der Waals surface area contributed by atoms with Crippen molar-refractivity contribution in [3.8, 4) is 11.1 Å². The average molecular weight is 1290 g/mol. The lowest BCUT2D eigenvalue weighted by atomic mass is 9.86. The number of thiophene rings is 1. The predicted molar refractivity (Wildman–Crippen MR) is 413 cm³/mol. The summed E-state index contributed by atoms with van der Waals surface area (Å²) in [7, 11) is -3.34. The van der Waals surface area contributed by atoms with Crippen LogP contribution in [0.15, 0.2) is 272 Å². The summed E-state index contributed by atoms with van der Waals surface area (Å²) in [6, 6.07) is 101. The number of rotatable bonds is 14. The highest BCUT2D eigenvalue weighted by atomic mass is 35.5. The van der Waals surface area contributed by atoms with E-state index in [1.165, 1.54) is 58.7 Å². The number of anilines is 9. The van der Waals surface area contributed by atoms with Gasteiger partial charge in [0.1, 0.15) is 0 Å². The van der Waals surface area contributed by atoms with E-state index in [0.29, 0.717) is 5.02 Å². The van der Waals surface area contributed by atoms with Gasteiger partial charge in [-0.1, -0.05) is 297 Å². The topological polar surface area (TPSA) is 9.72 Å². The lowest BCUT2D eigenvalue weighted by molar-refractivity contribution is 0.590. The monoisotopic (exact) mass is 1280 g/mol. The van der Waals surface area contributed by atoms with Crippen molar-refractivity contribution < 1.29 is 0 Å². The van der Waals surface area contributed by atoms with Crippen LogP contribution in [0.1, 0.15) is 132 Å². The Morgan fingerprint density at radius 3 is 1.00 bits per heavy atom. The van der Waals surface area contributed by atoms with Gasteiger partial charge in [-0.2, -0.15) is 0 Å². The minimum absolute atomic E-state index is 0.0398. The van der Waals surface area contributed by atoms with Gasteiger partial charge in [-0.25, -0.2) is 0 Å². The number of hydrogen-bond donors (Lipinski definition) is 0. The largest absolute Gasteiger partial charge is 0.310 e. The third-order valence-corrected chi connectivity index (χ3v) is 24.9. The van der Waals surface area contributed by atoms with E-state index in [1.807, 2.05) is 0 Å². The summed E-state index contributed by atoms with van der Waals surface area (Å²) in [5.41, 5.74) is 17.1. The zero-order valence-electron chi connectivity index (χ0n) is 57.6. The molecule has 0 amide bonds. The first-order valence-corrected chi connectivity index (χ1v) is 36.5. The summed E-state index contributed by atoms with van der Waals surface area (Å²) in [6.45, 7) is 34.4. The molecule has 3 nitrogen and oxygen atoms in total. The Bertz CT molecular complexity index is 4430. The summed E-state index contributed by atoms with van der Waals surface area (Å²) in [6.07, 6.45) is 0. The number of nitrogens with zero attached hydrogens (tertiary/aromatic N) is 3. The van der Waals surface area contributed by atoms with Gasteiger partial charge in [0.05, 0.1) is 27.8 Å². The van der Waals surface area contributed by atoms with Crippen LogP contribution in [0.2, 0.25) is 5.02 Å². The van der Waals surface area contributed by atoms with Crippen molar-refractivity contribution in [1.29, 1.82) is 0 Å². The molecule has 0 saturated carbocycles. The zero-order valence-corrected chi connectivity index (χ0v) is 60.2. The van der Waals surface area contributed by atoms with Crippen molar-refractivity contribution in [2.24, 2.45) is 0 Å². The van der Waals surface area contributed by atoms with E-state index in [4.69, 9.17) is 11.6 Å². The standard InChI is InChI=1S/C88H90ClN3SSi/c1-84(2,3)62-36-45-67(46-37-62)90(68-47-38-63(39-48-68)85(4,5)6)78-57-71(53-54-76(78)61-28-20-16-21-29-61)91(69-49-40-64(41-50-69)86(7,8)9)79-58-75(94(72-30-22-17-23-31-72,73-32-24-18-25-33-73)74-34-26-19-27-35-74)59-80(83(79)89)92(70-51-42-65(43-52-70)87(10,11)12)81-60-93-82-55-44-66(56-77(81)82)88(13,14)15/h16-60H,1-15H3. The molecule has 94 heavy (non-hydrogen) atoms. The molecule has 0 fully saturated rings. The Kier molecular flexibility index (Phi) is 17.8. The number of halogens is 1. The van der Waals surface area contributed by atoms with Crippen LogP contribution in [0.25, 0.3) is 21.2 Å². The van der Waals surface area contributed by atoms with Crippen molar-refractivity contribution in [2.75, 3.05) is 14.7 Å². The highest BCUT2D eigenvalue weighted by Gasteiger charge is 2.43. The van der Waals surface area contributed by atoms with Gasteiger partial charge in [0, 0.05) is 49.5 Å². The highest BCUT2D eigenvalue weighted by molar-refractivity contribution is 7.20. The van der Waals surface area contributed by atoms with Crippen molar-refractivity contribution in [1.82, 2.24) is 0 Å². The molecule has 0 N–H and O–H groups in total. The molecular weight excluding hydrogens is 1190 g/mol. The SMILES string of the molecule is CC(C)(C)c1ccc(N(c2ccc(C(C)(C)C)cc2)c2cc(N(c3ccc(C(C)(C)C)cc3)c3cc([Si](c4ccccc4)(c4ccccc4)c4ccccc4)cc(N(c4ccc(C(C)(C)C)cc4)c4csc5ccc(C(C)(C)C)cc45)c3Cl)ccc2-c2ccccc2)cc1. The fourth-order valence-corrected chi connectivity index (χ4v) is 19.2. The van der Waals surface area contributed by atoms with Gasteiger partial charge in [0.2, 0.25) is 0 Å². The molecule has 0 unspecified atom stereocenters. The number of benzene rings is 11. The van der Waals surface area contributed by atoms with Crippen LogP contribution in [-0.2, 0) is 27.1 Å². The number of fused-ring (bicyclic) bond motifs is 1. The second-order valence-corrected chi connectivity index (χ2v) is 35.6. The molecule has 0 atom stereocenters. The van der Waals surface area contributed by atoms with Crippen LogP contribution in [0.4, 0.5) is 51.2 Å². The number of hydrogen-bond acceptors (Lipinski definition) is 4. The van der Waals surface area contributed by atoms with Crippen molar-refractivity contribution in [2.45, 2.75) is 131 Å². The molecule has 12 rings (SSSR count). The summed E-state index contributed by atoms with van der Waals surface area (Å²) in [5.74, 6) is 0. The molecule has 0 saturated heterocycles. The Morgan fingerprint density at radius 1 is 0.287 bits per heavy atom. The van der Waals surface area contributed by atoms with Crippen molar-refractivity contribution in [3.63, 3.8) is 0 Å². The zero-order chi connectivity index (χ0) is 66.5. The van der Waals surface area contributed by atoms with Crippen molar-refractivity contribution >= 4 is 113 Å². The van der Waals surface area contributed by atoms with E-state index in [1.54, 1.807) is 11.3 Å². The smallest absolute Gasteiger partial charge is 0.179 e. The van der Waals surface area contributed by atoms with Gasteiger partial charge in [0.15, 0.2) is 8.07 Å². The second kappa shape index (κ2) is 25.5. The van der Waals surface area contributed by atoms with E-state index < -0.39 is 8.07 Å². The average Bonchev–Trinajstić information content (AvgIpc) is 0.845. The third-order valence-electron chi connectivity index (χ3n) is 18.8. The summed E-state index contributed by atoms with van der Waals surface area (Å²) in [5, 5.41) is 9.14. The molecule has 0 aliphatic heterocycles. The Hall–Kier alpha value is -8.71. The van der Waals surface area contributed by atoms with E-state index in [-0.39, 0.29) is 27.1 Å². The van der Waals surface area contributed by atoms with Gasteiger partial charge in [-0.3, -0.25) is 0 Å². The maximum Gasteiger partial charge on any atom is 0.179 e. The van der Waals surface area contributed by atoms with E-state index in [9.17, 15) is 0 Å². The fourth-order valence-electron chi connectivity index (χ4n) is 13.3. The lowest BCUT2D eigenvalue weighted by Gasteiger charge is -2.38. The molecule has 1 heterocycles. The van der Waals surface area contributed by atoms with Crippen molar-refractivity contribution in [3.05, 3.63) is 305 Å². The van der Waals surface area contributed by atoms with Gasteiger partial charge in [-0.15, -0.1) is 11.3 Å². The van der Waals surface area contributed by atoms with Gasteiger partial charge in [-0.05, 0) is 166 Å². The highest BCUT2D eigenvalue weighted by Crippen LogP contribution is 2.52. The molecular formula is C88H90ClN3SSi. The summed E-state index contributed by atoms with van der Waals surface area (Å²) < 4.78 is 1.21. The predicted octanol–water partition coefficient (Wildman–Crippen LogP) is 23.5. The van der Waals surface area contributed by atoms with Crippen LogP contribution in [0, 0.1) is 0 Å². The van der Waals surface area contributed by atoms with E-state index >= 15 is 0 Å². The molecule has 0 bridgehead atoms. The first kappa shape index (κ1) is 65.4. The van der Waals surface area contributed by atoms with Gasteiger partial charge >= 0.3 is 0 Å². The molecule has 474 valence electrons. The normalized spacial score (nSPS) is 12.5. The van der Waals surface area contributed by atoms with Crippen LogP contribution >= 0.6 is 22.9 Å². The third kappa shape index (κ3) is 13.0. The molecule has 12 aromatic rings. The van der Waals surface area contributed by atoms with Gasteiger partial charge < -0.3 is 14.7 Å². The quantitative estimate of drug-likeness (QED) is 0.0794. The molecule has 0 spiro atoms. The van der Waals surface area contributed by atoms with E-state index in [0.717, 1.165) is 62.3 Å². The van der Waals surface area contributed by atoms with Crippen LogP contribution < -0.4 is 35.4 Å². The minimum atomic E-state index is -3.34. The lowest BCUT2D eigenvalue weighted by Crippen LogP contribution is -2.74. The minimum Gasteiger partial charge on any atom is -0.310 e. The Labute approximate surface area is 571 Å². The molecule has 0 aliphatic carbocycles. The van der Waals surface area contributed by atoms with Crippen LogP contribution in [0.3, 0.4) is 0 Å². The Morgan fingerprint density at radius 2 is 0.617 bits per heavy atom. The van der Waals surface area contributed by atoms with E-state index in [2.05, 4.69) is 391 Å². The molecule has 0 radical (unpaired) electrons. The molecule has 0 aliphatic rings. The molecule has 1 aromatic heterocycles. The van der Waals surface area contributed by atoms with Gasteiger partial charge in [0.25, 0.3) is 0 Å². The Balaban J connectivity index is 1.25. The maximum absolute atomic E-state index is 8.84. The first-order valence-electron chi connectivity index (χ1n) is 33.2. The first-order chi connectivity index (χ1) is 44.7. The molecule has 6 heteroatoms. The van der Waals surface area contributed by atoms with Crippen LogP contribution in [0.5, 0.6) is 0 Å². The maximum atomic E-state index is 8.84. The second-order valence-electron chi connectivity index (χ2n) is 30.5. The van der Waals surface area contributed by atoms with Crippen LogP contribution in [-0.4, -0.2) is 8.07 Å². The fraction of sp³-hybridized carbons (Fsp3) is 0.227. The molecule has 11 aromatic carbocycles. The summed E-state index contributed by atoms with van der Waals surface area (Å²) in [4.78, 5) is 7.39. The summed E-state index contributed by atoms with van der Waals surface area (Å²) >= 11 is 10.6.